The van der Waals surface area contributed by atoms with E-state index in [4.69, 9.17) is 9.47 Å². The molecule has 0 aromatic heterocycles. The third-order valence-electron chi connectivity index (χ3n) is 3.54. The van der Waals surface area contributed by atoms with Crippen molar-refractivity contribution in [1.29, 1.82) is 0 Å². The van der Waals surface area contributed by atoms with E-state index in [9.17, 15) is 9.59 Å². The number of hydrogen-bond acceptors (Lipinski definition) is 4. The van der Waals surface area contributed by atoms with Crippen LogP contribution in [0.2, 0.25) is 0 Å². The van der Waals surface area contributed by atoms with Crippen LogP contribution in [-0.2, 0) is 9.47 Å². The smallest absolute Gasteiger partial charge is 0.408 e. The zero-order valence-corrected chi connectivity index (χ0v) is 16.0. The molecule has 0 aliphatic heterocycles. The lowest BCUT2D eigenvalue weighted by Crippen LogP contribution is -2.48. The van der Waals surface area contributed by atoms with Crippen molar-refractivity contribution in [2.24, 2.45) is 11.8 Å². The van der Waals surface area contributed by atoms with Gasteiger partial charge in [0.25, 0.3) is 0 Å². The second-order valence-electron chi connectivity index (χ2n) is 6.97. The zero-order valence-electron chi connectivity index (χ0n) is 16.0. The van der Waals surface area contributed by atoms with Crippen LogP contribution in [0.1, 0.15) is 73.1 Å². The quantitative estimate of drug-likeness (QED) is 0.405. The van der Waals surface area contributed by atoms with E-state index in [2.05, 4.69) is 45.3 Å². The van der Waals surface area contributed by atoms with Gasteiger partial charge in [0.05, 0.1) is 13.2 Å². The minimum Gasteiger partial charge on any atom is -0.450 e. The van der Waals surface area contributed by atoms with Gasteiger partial charge in [-0.25, -0.2) is 9.59 Å². The molecule has 24 heavy (non-hydrogen) atoms. The summed E-state index contributed by atoms with van der Waals surface area (Å²) < 4.78 is 10.3. The van der Waals surface area contributed by atoms with Crippen LogP contribution in [0.4, 0.5) is 9.59 Å². The largest absolute Gasteiger partial charge is 0.450 e. The minimum atomic E-state index is -0.500. The summed E-state index contributed by atoms with van der Waals surface area (Å²) in [6.07, 6.45) is 3.87. The van der Waals surface area contributed by atoms with E-state index in [1.54, 1.807) is 0 Å². The molecule has 0 aromatic rings. The van der Waals surface area contributed by atoms with E-state index in [0.717, 1.165) is 32.1 Å². The Balaban J connectivity index is 4.24. The van der Waals surface area contributed by atoms with Crippen LogP contribution < -0.4 is 10.6 Å². The summed E-state index contributed by atoms with van der Waals surface area (Å²) in [4.78, 5) is 23.7. The molecule has 0 saturated heterocycles. The van der Waals surface area contributed by atoms with Crippen molar-refractivity contribution in [1.82, 2.24) is 10.6 Å². The summed E-state index contributed by atoms with van der Waals surface area (Å²) >= 11 is 0. The molecule has 142 valence electrons. The van der Waals surface area contributed by atoms with Gasteiger partial charge >= 0.3 is 12.2 Å². The summed E-state index contributed by atoms with van der Waals surface area (Å²) in [6.45, 7) is 11.2. The predicted molar refractivity (Wildman–Crippen MR) is 95.8 cm³/mol. The molecule has 0 aliphatic rings. The molecule has 0 radical (unpaired) electrons. The summed E-state index contributed by atoms with van der Waals surface area (Å²) in [6, 6.07) is 0. The highest BCUT2D eigenvalue weighted by atomic mass is 16.6. The second-order valence-corrected chi connectivity index (χ2v) is 6.97. The molecule has 0 unspecified atom stereocenters. The molecule has 0 aliphatic carbocycles. The normalized spacial score (nSPS) is 11.0. The molecular formula is C18H36N2O4. The van der Waals surface area contributed by atoms with Crippen LogP contribution in [0.25, 0.3) is 0 Å². The van der Waals surface area contributed by atoms with Crippen molar-refractivity contribution in [2.45, 2.75) is 79.3 Å². The molecule has 0 rings (SSSR count). The Morgan fingerprint density at radius 2 is 1.25 bits per heavy atom. The van der Waals surface area contributed by atoms with Crippen LogP contribution in [0.5, 0.6) is 0 Å². The van der Waals surface area contributed by atoms with Crippen LogP contribution in [0.15, 0.2) is 0 Å². The van der Waals surface area contributed by atoms with Crippen molar-refractivity contribution in [3.63, 3.8) is 0 Å². The third kappa shape index (κ3) is 14.2. The third-order valence-corrected chi connectivity index (χ3v) is 3.54. The summed E-state index contributed by atoms with van der Waals surface area (Å²) in [5.41, 5.74) is 0. The molecule has 0 atom stereocenters. The second kappa shape index (κ2) is 13.9. The van der Waals surface area contributed by atoms with E-state index < -0.39 is 18.4 Å². The first kappa shape index (κ1) is 22.5. The molecule has 2 amide bonds. The highest BCUT2D eigenvalue weighted by Gasteiger charge is 2.16. The van der Waals surface area contributed by atoms with Crippen molar-refractivity contribution < 1.29 is 19.1 Å². The van der Waals surface area contributed by atoms with Gasteiger partial charge in [-0.15, -0.1) is 0 Å². The first-order valence-corrected chi connectivity index (χ1v) is 9.21. The molecule has 0 fully saturated rings. The van der Waals surface area contributed by atoms with Gasteiger partial charge in [0.1, 0.15) is 6.17 Å². The summed E-state index contributed by atoms with van der Waals surface area (Å²) in [5, 5.41) is 5.41. The number of alkyl carbamates (subject to hydrolysis) is 2. The lowest BCUT2D eigenvalue weighted by atomic mass is 10.1. The summed E-state index contributed by atoms with van der Waals surface area (Å²) in [5.74, 6) is 0.958. The van der Waals surface area contributed by atoms with Gasteiger partial charge in [0, 0.05) is 0 Å². The van der Waals surface area contributed by atoms with Gasteiger partial charge in [0.2, 0.25) is 0 Å². The van der Waals surface area contributed by atoms with Crippen LogP contribution in [0, 0.1) is 11.8 Å². The zero-order chi connectivity index (χ0) is 18.4. The number of carbonyl (C=O) groups is 2. The van der Waals surface area contributed by atoms with Gasteiger partial charge < -0.3 is 20.1 Å². The fraction of sp³-hybridized carbons (Fsp3) is 0.889. The van der Waals surface area contributed by atoms with Crippen LogP contribution >= 0.6 is 0 Å². The lowest BCUT2D eigenvalue weighted by Gasteiger charge is -2.20. The number of carbonyl (C=O) groups excluding carboxylic acids is 2. The van der Waals surface area contributed by atoms with Crippen molar-refractivity contribution in [3.8, 4) is 0 Å². The van der Waals surface area contributed by atoms with Gasteiger partial charge in [-0.2, -0.15) is 0 Å². The maximum atomic E-state index is 11.8. The highest BCUT2D eigenvalue weighted by molar-refractivity contribution is 5.70. The average Bonchev–Trinajstić information content (AvgIpc) is 2.46. The first-order chi connectivity index (χ1) is 11.3. The fourth-order valence-corrected chi connectivity index (χ4v) is 1.92. The molecule has 0 aromatic carbocycles. The molecule has 6 heteroatoms. The average molecular weight is 344 g/mol. The number of amides is 2. The molecule has 2 N–H and O–H groups in total. The monoisotopic (exact) mass is 344 g/mol. The maximum Gasteiger partial charge on any atom is 0.408 e. The molecule has 0 bridgehead atoms. The Bertz CT molecular complexity index is 318. The van der Waals surface area contributed by atoms with Crippen LogP contribution in [-0.4, -0.2) is 31.6 Å². The van der Waals surface area contributed by atoms with Crippen molar-refractivity contribution >= 4 is 12.2 Å². The van der Waals surface area contributed by atoms with E-state index in [0.29, 0.717) is 31.5 Å². The molecule has 0 heterocycles. The minimum absolute atomic E-state index is 0.379. The van der Waals surface area contributed by atoms with Gasteiger partial charge in [-0.1, -0.05) is 47.5 Å². The number of rotatable bonds is 12. The highest BCUT2D eigenvalue weighted by Crippen LogP contribution is 2.04. The van der Waals surface area contributed by atoms with E-state index in [1.807, 2.05) is 0 Å². The number of hydrogen-bond donors (Lipinski definition) is 2. The van der Waals surface area contributed by atoms with Gasteiger partial charge in [0.15, 0.2) is 0 Å². The molecule has 0 spiro atoms. The van der Waals surface area contributed by atoms with E-state index in [1.165, 1.54) is 0 Å². The Morgan fingerprint density at radius 3 is 1.62 bits per heavy atom. The van der Waals surface area contributed by atoms with Crippen molar-refractivity contribution in [2.75, 3.05) is 13.2 Å². The Morgan fingerprint density at radius 1 is 0.792 bits per heavy atom. The van der Waals surface area contributed by atoms with Gasteiger partial charge in [-0.05, 0) is 37.5 Å². The van der Waals surface area contributed by atoms with E-state index in [-0.39, 0.29) is 0 Å². The first-order valence-electron chi connectivity index (χ1n) is 9.21. The molecular weight excluding hydrogens is 308 g/mol. The Hall–Kier alpha value is -1.46. The maximum absolute atomic E-state index is 11.8. The fourth-order valence-electron chi connectivity index (χ4n) is 1.92. The standard InChI is InChI=1S/C18H36N2O4/c1-6-7-8-9-16(19-17(21)23-12-10-14(2)3)20-18(22)24-13-11-15(4)5/h14-16H,6-13H2,1-5H3,(H,19,21)(H,20,22). The topological polar surface area (TPSA) is 76.7 Å². The SMILES string of the molecule is CCCCCC(NC(=O)OCCC(C)C)NC(=O)OCCC(C)C. The van der Waals surface area contributed by atoms with E-state index >= 15 is 0 Å². The molecule has 0 saturated carbocycles. The Labute approximate surface area is 147 Å². The van der Waals surface area contributed by atoms with Crippen molar-refractivity contribution in [3.05, 3.63) is 0 Å². The number of ether oxygens (including phenoxy) is 2. The predicted octanol–water partition coefficient (Wildman–Crippen LogP) is 4.44. The van der Waals surface area contributed by atoms with Gasteiger partial charge in [-0.3, -0.25) is 0 Å². The number of nitrogens with one attached hydrogen (secondary N) is 2. The number of unbranched alkanes of at least 4 members (excludes halogenated alkanes) is 2. The molecule has 6 nitrogen and oxygen atoms in total. The van der Waals surface area contributed by atoms with Crippen LogP contribution in [0.3, 0.4) is 0 Å². The lowest BCUT2D eigenvalue weighted by molar-refractivity contribution is 0.123. The summed E-state index contributed by atoms with van der Waals surface area (Å²) in [7, 11) is 0. The Kier molecular flexibility index (Phi) is 13.1.